The molecule has 0 aliphatic carbocycles. The fourth-order valence-electron chi connectivity index (χ4n) is 2.66. The number of aromatic nitrogens is 2. The zero-order valence-corrected chi connectivity index (χ0v) is 17.1. The van der Waals surface area contributed by atoms with Crippen LogP contribution in [0, 0.1) is 0 Å². The molecule has 0 radical (unpaired) electrons. The maximum atomic E-state index is 12.9. The van der Waals surface area contributed by atoms with Gasteiger partial charge < -0.3 is 13.8 Å². The van der Waals surface area contributed by atoms with Crippen LogP contribution >= 0.6 is 0 Å². The third-order valence-corrected chi connectivity index (χ3v) is 5.08. The Morgan fingerprint density at radius 2 is 1.74 bits per heavy atom. The van der Waals surface area contributed by atoms with Gasteiger partial charge in [0.25, 0.3) is 5.88 Å². The van der Waals surface area contributed by atoms with Crippen molar-refractivity contribution in [1.29, 1.82) is 0 Å². The highest BCUT2D eigenvalue weighted by atomic mass is 32.2. The molecule has 0 fully saturated rings. The number of carbonyl (C=O) groups is 1. The van der Waals surface area contributed by atoms with Crippen molar-refractivity contribution >= 4 is 32.9 Å². The minimum Gasteiger partial charge on any atom is -0.465 e. The third-order valence-electron chi connectivity index (χ3n) is 4.13. The van der Waals surface area contributed by atoms with Gasteiger partial charge in [0.2, 0.25) is 0 Å². The smallest absolute Gasteiger partial charge is 0.465 e. The second kappa shape index (κ2) is 8.38. The van der Waals surface area contributed by atoms with Crippen LogP contribution in [0.3, 0.4) is 0 Å². The van der Waals surface area contributed by atoms with E-state index in [-0.39, 0.29) is 29.0 Å². The summed E-state index contributed by atoms with van der Waals surface area (Å²) in [5.74, 6) is -1.75. The largest absolute Gasteiger partial charge is 0.534 e. The molecule has 0 N–H and O–H groups in total. The Kier molecular flexibility index (Phi) is 6.02. The van der Waals surface area contributed by atoms with E-state index < -0.39 is 27.5 Å². The minimum absolute atomic E-state index is 0.0249. The van der Waals surface area contributed by atoms with Crippen LogP contribution in [0.1, 0.15) is 15.9 Å². The molecule has 0 bridgehead atoms. The summed E-state index contributed by atoms with van der Waals surface area (Å²) < 4.78 is 70.7. The second-order valence-electron chi connectivity index (χ2n) is 6.37. The van der Waals surface area contributed by atoms with Gasteiger partial charge in [0.1, 0.15) is 0 Å². The standard InChI is InChI=1S/C19H16F3N3O5S/c1-25(11-12-6-4-3-5-7-12)16-17(30-31(27,28)19(20,21)22)24-14-9-8-13(18(26)29-2)10-15(14)23-16/h3-10H,11H2,1-2H3. The molecule has 0 saturated heterocycles. The van der Waals surface area contributed by atoms with Crippen LogP contribution in [-0.2, 0) is 21.4 Å². The summed E-state index contributed by atoms with van der Waals surface area (Å²) in [6, 6.07) is 12.8. The van der Waals surface area contributed by atoms with E-state index >= 15 is 0 Å². The van der Waals surface area contributed by atoms with Crippen LogP contribution in [0.5, 0.6) is 5.88 Å². The van der Waals surface area contributed by atoms with Gasteiger partial charge in [-0.2, -0.15) is 21.6 Å². The zero-order chi connectivity index (χ0) is 22.8. The van der Waals surface area contributed by atoms with Crippen LogP contribution in [0.15, 0.2) is 48.5 Å². The second-order valence-corrected chi connectivity index (χ2v) is 7.91. The van der Waals surface area contributed by atoms with Crippen molar-refractivity contribution in [2.24, 2.45) is 0 Å². The number of ether oxygens (including phenoxy) is 1. The van der Waals surface area contributed by atoms with Gasteiger partial charge in [-0.15, -0.1) is 0 Å². The van der Waals surface area contributed by atoms with E-state index in [0.29, 0.717) is 0 Å². The number of rotatable bonds is 6. The molecule has 0 saturated carbocycles. The van der Waals surface area contributed by atoms with Gasteiger partial charge in [0.05, 0.1) is 23.7 Å². The third kappa shape index (κ3) is 4.85. The molecular weight excluding hydrogens is 439 g/mol. The number of esters is 1. The normalized spacial score (nSPS) is 11.9. The number of alkyl halides is 3. The number of methoxy groups -OCH3 is 1. The van der Waals surface area contributed by atoms with Crippen molar-refractivity contribution in [3.05, 3.63) is 59.7 Å². The first-order chi connectivity index (χ1) is 14.5. The van der Waals surface area contributed by atoms with E-state index in [4.69, 9.17) is 0 Å². The van der Waals surface area contributed by atoms with Crippen molar-refractivity contribution in [3.8, 4) is 5.88 Å². The molecule has 1 heterocycles. The lowest BCUT2D eigenvalue weighted by molar-refractivity contribution is -0.0501. The minimum atomic E-state index is -5.98. The summed E-state index contributed by atoms with van der Waals surface area (Å²) in [5, 5.41) is 0. The van der Waals surface area contributed by atoms with Gasteiger partial charge in [0.15, 0.2) is 5.82 Å². The Balaban J connectivity index is 2.12. The van der Waals surface area contributed by atoms with E-state index in [1.165, 1.54) is 37.3 Å². The monoisotopic (exact) mass is 455 g/mol. The molecule has 164 valence electrons. The van der Waals surface area contributed by atoms with Gasteiger partial charge in [-0.1, -0.05) is 30.3 Å². The number of hydrogen-bond donors (Lipinski definition) is 0. The Bertz CT molecular complexity index is 1220. The summed E-state index contributed by atoms with van der Waals surface area (Å²) >= 11 is 0. The van der Waals surface area contributed by atoms with Gasteiger partial charge in [-0.25, -0.2) is 14.8 Å². The first-order valence-electron chi connectivity index (χ1n) is 8.68. The van der Waals surface area contributed by atoms with E-state index in [9.17, 15) is 26.4 Å². The number of benzene rings is 2. The van der Waals surface area contributed by atoms with E-state index in [0.717, 1.165) is 5.56 Å². The highest BCUT2D eigenvalue weighted by molar-refractivity contribution is 7.88. The van der Waals surface area contributed by atoms with Crippen molar-refractivity contribution in [1.82, 2.24) is 9.97 Å². The van der Waals surface area contributed by atoms with Gasteiger partial charge in [-0.3, -0.25) is 0 Å². The van der Waals surface area contributed by atoms with E-state index in [1.807, 2.05) is 0 Å². The average Bonchev–Trinajstić information content (AvgIpc) is 2.72. The summed E-state index contributed by atoms with van der Waals surface area (Å²) in [6.45, 7) is 0.167. The Labute approximate surface area is 175 Å². The highest BCUT2D eigenvalue weighted by Crippen LogP contribution is 2.33. The fraction of sp³-hybridized carbons (Fsp3) is 0.211. The SMILES string of the molecule is COC(=O)c1ccc2nc(OS(=O)(=O)C(F)(F)F)c(N(C)Cc3ccccc3)nc2c1. The lowest BCUT2D eigenvalue weighted by atomic mass is 10.2. The van der Waals surface area contributed by atoms with Crippen LogP contribution in [0.25, 0.3) is 11.0 Å². The molecule has 0 aliphatic rings. The molecule has 3 rings (SSSR count). The van der Waals surface area contributed by atoms with E-state index in [2.05, 4.69) is 18.9 Å². The molecule has 0 unspecified atom stereocenters. The molecular formula is C19H16F3N3O5S. The molecule has 31 heavy (non-hydrogen) atoms. The van der Waals surface area contributed by atoms with Crippen molar-refractivity contribution in [2.75, 3.05) is 19.1 Å². The maximum absolute atomic E-state index is 12.9. The topological polar surface area (TPSA) is 98.7 Å². The first-order valence-corrected chi connectivity index (χ1v) is 10.1. The molecule has 2 aromatic carbocycles. The van der Waals surface area contributed by atoms with Crippen LogP contribution in [0.4, 0.5) is 19.0 Å². The van der Waals surface area contributed by atoms with Crippen LogP contribution < -0.4 is 9.08 Å². The number of hydrogen-bond acceptors (Lipinski definition) is 8. The Morgan fingerprint density at radius 1 is 1.06 bits per heavy atom. The van der Waals surface area contributed by atoms with Crippen molar-refractivity contribution in [3.63, 3.8) is 0 Å². The number of halogens is 3. The molecule has 0 spiro atoms. The van der Waals surface area contributed by atoms with Crippen LogP contribution in [-0.4, -0.2) is 44.0 Å². The molecule has 8 nitrogen and oxygen atoms in total. The number of nitrogens with zero attached hydrogens (tertiary/aromatic N) is 3. The predicted octanol–water partition coefficient (Wildman–Crippen LogP) is 3.28. The van der Waals surface area contributed by atoms with Crippen molar-refractivity contribution in [2.45, 2.75) is 12.1 Å². The summed E-state index contributed by atoms with van der Waals surface area (Å²) in [7, 11) is -3.30. The molecule has 1 aromatic heterocycles. The summed E-state index contributed by atoms with van der Waals surface area (Å²) in [6.07, 6.45) is 0. The molecule has 0 amide bonds. The summed E-state index contributed by atoms with van der Waals surface area (Å²) in [5.41, 5.74) is -4.57. The Hall–Kier alpha value is -3.41. The predicted molar refractivity (Wildman–Crippen MR) is 105 cm³/mol. The zero-order valence-electron chi connectivity index (χ0n) is 16.3. The average molecular weight is 455 g/mol. The first kappa shape index (κ1) is 22.3. The Morgan fingerprint density at radius 3 is 2.35 bits per heavy atom. The molecule has 0 aliphatic heterocycles. The fourth-order valence-corrected chi connectivity index (χ4v) is 3.08. The number of anilines is 1. The van der Waals surface area contributed by atoms with Gasteiger partial charge in [-0.05, 0) is 23.8 Å². The quantitative estimate of drug-likeness (QED) is 0.317. The molecule has 0 atom stereocenters. The van der Waals surface area contributed by atoms with Crippen molar-refractivity contribution < 1.29 is 35.3 Å². The number of fused-ring (bicyclic) bond motifs is 1. The van der Waals surface area contributed by atoms with Crippen LogP contribution in [0.2, 0.25) is 0 Å². The number of carbonyl (C=O) groups excluding carboxylic acids is 1. The molecule has 3 aromatic rings. The lowest BCUT2D eigenvalue weighted by Gasteiger charge is -2.21. The van der Waals surface area contributed by atoms with E-state index in [1.54, 1.807) is 30.3 Å². The highest BCUT2D eigenvalue weighted by Gasteiger charge is 2.49. The maximum Gasteiger partial charge on any atom is 0.534 e. The molecule has 12 heteroatoms. The lowest BCUT2D eigenvalue weighted by Crippen LogP contribution is -2.29. The van der Waals surface area contributed by atoms with Gasteiger partial charge >= 0.3 is 21.6 Å². The summed E-state index contributed by atoms with van der Waals surface area (Å²) in [4.78, 5) is 21.3. The van der Waals surface area contributed by atoms with Gasteiger partial charge in [0, 0.05) is 13.6 Å².